The summed E-state index contributed by atoms with van der Waals surface area (Å²) in [5, 5.41) is 27.6. The fraction of sp³-hybridized carbons (Fsp3) is 0.217. The van der Waals surface area contributed by atoms with Gasteiger partial charge in [-0.25, -0.2) is 0 Å². The van der Waals surface area contributed by atoms with Crippen LogP contribution >= 0.6 is 11.6 Å². The Hall–Kier alpha value is -3.67. The van der Waals surface area contributed by atoms with Crippen LogP contribution in [0.1, 0.15) is 12.0 Å². The molecule has 3 N–H and O–H groups in total. The Kier molecular flexibility index (Phi) is 5.46. The SMILES string of the molecule is CN1CCC(O)(C#Cc2cccc(N(C)c3nc(=N)n(C=N)c4cc(Cl)ccc34)c2)C1=O. The predicted octanol–water partition coefficient (Wildman–Crippen LogP) is 2.34. The van der Waals surface area contributed by atoms with Crippen molar-refractivity contribution in [1.82, 2.24) is 14.5 Å². The first kappa shape index (κ1) is 21.6. The van der Waals surface area contributed by atoms with Crippen molar-refractivity contribution in [3.8, 4) is 11.8 Å². The second-order valence-corrected chi connectivity index (χ2v) is 8.05. The third-order valence-corrected chi connectivity index (χ3v) is 5.74. The van der Waals surface area contributed by atoms with E-state index in [9.17, 15) is 9.90 Å². The lowest BCUT2D eigenvalue weighted by Crippen LogP contribution is -2.37. The molecule has 1 unspecified atom stereocenters. The standard InChI is InChI=1S/C23H21ClN6O2/c1-28-11-10-23(32,21(28)31)9-8-15-4-3-5-17(12-15)29(2)20-18-7-6-16(24)13-19(18)30(14-25)22(26)27-20/h3-7,12-14,25-26,32H,10-11H2,1-2H3. The Balaban J connectivity index is 1.75. The van der Waals surface area contributed by atoms with Crippen LogP contribution in [-0.4, -0.2) is 58.0 Å². The number of benzene rings is 2. The summed E-state index contributed by atoms with van der Waals surface area (Å²) in [6, 6.07) is 12.5. The van der Waals surface area contributed by atoms with E-state index in [2.05, 4.69) is 16.8 Å². The minimum absolute atomic E-state index is 0.0985. The van der Waals surface area contributed by atoms with E-state index in [0.717, 1.165) is 17.4 Å². The van der Waals surface area contributed by atoms with Gasteiger partial charge in [-0.3, -0.25) is 20.2 Å². The average molecular weight is 449 g/mol. The Morgan fingerprint density at radius 1 is 1.31 bits per heavy atom. The second kappa shape index (κ2) is 8.11. The van der Waals surface area contributed by atoms with Crippen LogP contribution in [0.5, 0.6) is 0 Å². The molecule has 32 heavy (non-hydrogen) atoms. The molecule has 162 valence electrons. The normalized spacial score (nSPS) is 17.9. The van der Waals surface area contributed by atoms with Crippen molar-refractivity contribution in [1.29, 1.82) is 10.8 Å². The van der Waals surface area contributed by atoms with Crippen molar-refractivity contribution in [3.05, 3.63) is 58.7 Å². The maximum Gasteiger partial charge on any atom is 0.267 e. The Bertz CT molecular complexity index is 1370. The first-order valence-electron chi connectivity index (χ1n) is 9.85. The van der Waals surface area contributed by atoms with Gasteiger partial charge < -0.3 is 14.9 Å². The largest absolute Gasteiger partial charge is 0.369 e. The van der Waals surface area contributed by atoms with Gasteiger partial charge in [-0.2, -0.15) is 4.98 Å². The van der Waals surface area contributed by atoms with E-state index < -0.39 is 5.60 Å². The van der Waals surface area contributed by atoms with Gasteiger partial charge in [0.25, 0.3) is 5.91 Å². The third kappa shape index (κ3) is 3.73. The van der Waals surface area contributed by atoms with Crippen molar-refractivity contribution < 1.29 is 9.90 Å². The van der Waals surface area contributed by atoms with Crippen LogP contribution in [0.4, 0.5) is 11.5 Å². The van der Waals surface area contributed by atoms with Gasteiger partial charge in [-0.1, -0.05) is 29.5 Å². The molecular weight excluding hydrogens is 428 g/mol. The summed E-state index contributed by atoms with van der Waals surface area (Å²) in [5.74, 6) is 5.78. The molecule has 1 fully saturated rings. The zero-order valence-corrected chi connectivity index (χ0v) is 18.3. The van der Waals surface area contributed by atoms with Crippen molar-refractivity contribution in [2.75, 3.05) is 25.5 Å². The summed E-state index contributed by atoms with van der Waals surface area (Å²) < 4.78 is 1.34. The number of carbonyl (C=O) groups is 1. The van der Waals surface area contributed by atoms with Crippen molar-refractivity contribution >= 4 is 46.3 Å². The summed E-state index contributed by atoms with van der Waals surface area (Å²) in [6.07, 6.45) is 1.30. The molecular formula is C23H21ClN6O2. The lowest BCUT2D eigenvalue weighted by molar-refractivity contribution is -0.137. The Labute approximate surface area is 189 Å². The van der Waals surface area contributed by atoms with Crippen LogP contribution in [0.25, 0.3) is 10.9 Å². The molecule has 1 aliphatic rings. The van der Waals surface area contributed by atoms with Crippen LogP contribution in [0, 0.1) is 22.7 Å². The van der Waals surface area contributed by atoms with Gasteiger partial charge in [0.15, 0.2) is 0 Å². The summed E-state index contributed by atoms with van der Waals surface area (Å²) >= 11 is 6.14. The third-order valence-electron chi connectivity index (χ3n) is 5.50. The number of nitrogens with zero attached hydrogens (tertiary/aromatic N) is 4. The number of anilines is 2. The fourth-order valence-electron chi connectivity index (χ4n) is 3.67. The smallest absolute Gasteiger partial charge is 0.267 e. The van der Waals surface area contributed by atoms with Gasteiger partial charge >= 0.3 is 0 Å². The number of hydrogen-bond donors (Lipinski definition) is 3. The molecule has 2 aromatic carbocycles. The van der Waals surface area contributed by atoms with E-state index in [-0.39, 0.29) is 17.9 Å². The molecule has 1 amide bonds. The molecule has 1 atom stereocenters. The van der Waals surface area contributed by atoms with Gasteiger partial charge in [0, 0.05) is 48.7 Å². The number of fused-ring (bicyclic) bond motifs is 1. The lowest BCUT2D eigenvalue weighted by Gasteiger charge is -2.21. The van der Waals surface area contributed by atoms with Gasteiger partial charge in [0.1, 0.15) is 5.82 Å². The number of rotatable bonds is 3. The van der Waals surface area contributed by atoms with Crippen LogP contribution < -0.4 is 10.5 Å². The minimum atomic E-state index is -1.66. The number of aliphatic hydroxyl groups is 1. The van der Waals surface area contributed by atoms with E-state index in [0.29, 0.717) is 28.5 Å². The van der Waals surface area contributed by atoms with Crippen LogP contribution in [0.3, 0.4) is 0 Å². The number of likely N-dealkylation sites (N-methyl/N-ethyl adjacent to an activating group) is 1. The van der Waals surface area contributed by atoms with Gasteiger partial charge in [-0.15, -0.1) is 0 Å². The highest BCUT2D eigenvalue weighted by atomic mass is 35.5. The molecule has 0 radical (unpaired) electrons. The maximum absolute atomic E-state index is 12.2. The zero-order chi connectivity index (χ0) is 23.0. The van der Waals surface area contributed by atoms with E-state index in [4.69, 9.17) is 22.4 Å². The number of likely N-dealkylation sites (tertiary alicyclic amines) is 1. The van der Waals surface area contributed by atoms with Crippen LogP contribution in [0.2, 0.25) is 5.02 Å². The fourth-order valence-corrected chi connectivity index (χ4v) is 3.83. The highest BCUT2D eigenvalue weighted by Crippen LogP contribution is 2.30. The monoisotopic (exact) mass is 448 g/mol. The van der Waals surface area contributed by atoms with E-state index in [1.54, 1.807) is 31.3 Å². The van der Waals surface area contributed by atoms with E-state index in [1.165, 1.54) is 9.47 Å². The molecule has 2 heterocycles. The molecule has 0 bridgehead atoms. The molecule has 0 saturated carbocycles. The van der Waals surface area contributed by atoms with Gasteiger partial charge in [0.2, 0.25) is 11.2 Å². The van der Waals surface area contributed by atoms with Crippen molar-refractivity contribution in [2.24, 2.45) is 0 Å². The summed E-state index contributed by atoms with van der Waals surface area (Å²) in [7, 11) is 3.46. The molecule has 1 aliphatic heterocycles. The molecule has 0 aliphatic carbocycles. The zero-order valence-electron chi connectivity index (χ0n) is 17.6. The summed E-state index contributed by atoms with van der Waals surface area (Å²) in [5.41, 5.74) is 0.228. The Morgan fingerprint density at radius 3 is 2.78 bits per heavy atom. The second-order valence-electron chi connectivity index (χ2n) is 7.62. The van der Waals surface area contributed by atoms with E-state index in [1.807, 2.05) is 30.1 Å². The molecule has 4 rings (SSSR count). The number of carbonyl (C=O) groups excluding carboxylic acids is 1. The highest BCUT2D eigenvalue weighted by Gasteiger charge is 2.42. The molecule has 9 heteroatoms. The molecule has 0 spiro atoms. The summed E-state index contributed by atoms with van der Waals surface area (Å²) in [6.45, 7) is 0.467. The quantitative estimate of drug-likeness (QED) is 0.324. The lowest BCUT2D eigenvalue weighted by atomic mass is 10.0. The van der Waals surface area contributed by atoms with Gasteiger partial charge in [-0.05, 0) is 36.4 Å². The number of amides is 1. The topological polar surface area (TPSA) is 109 Å². The number of halogens is 1. The number of nitrogens with one attached hydrogen (secondary N) is 2. The predicted molar refractivity (Wildman–Crippen MR) is 123 cm³/mol. The molecule has 8 nitrogen and oxygen atoms in total. The van der Waals surface area contributed by atoms with Crippen molar-refractivity contribution in [3.63, 3.8) is 0 Å². The average Bonchev–Trinajstić information content (AvgIpc) is 3.04. The minimum Gasteiger partial charge on any atom is -0.369 e. The number of aromatic nitrogens is 2. The highest BCUT2D eigenvalue weighted by molar-refractivity contribution is 6.31. The molecule has 1 aromatic heterocycles. The van der Waals surface area contributed by atoms with Crippen LogP contribution in [0.15, 0.2) is 42.5 Å². The molecule has 1 saturated heterocycles. The first-order valence-corrected chi connectivity index (χ1v) is 10.2. The molecule has 3 aromatic rings. The number of hydrogen-bond acceptors (Lipinski definition) is 6. The first-order chi connectivity index (χ1) is 15.2. The maximum atomic E-state index is 12.2. The van der Waals surface area contributed by atoms with Crippen LogP contribution in [-0.2, 0) is 4.79 Å². The Morgan fingerprint density at radius 2 is 2.09 bits per heavy atom. The summed E-state index contributed by atoms with van der Waals surface area (Å²) in [4.78, 5) is 19.8. The van der Waals surface area contributed by atoms with Gasteiger partial charge in [0.05, 0.1) is 11.9 Å². The van der Waals surface area contributed by atoms with E-state index >= 15 is 0 Å². The van der Waals surface area contributed by atoms with Crippen molar-refractivity contribution in [2.45, 2.75) is 12.0 Å².